The first-order valence-electron chi connectivity index (χ1n) is 5.88. The minimum Gasteiger partial charge on any atom is -0.478 e. The molecule has 0 amide bonds. The number of rotatable bonds is 2. The van der Waals surface area contributed by atoms with E-state index in [0.717, 1.165) is 13.1 Å². The van der Waals surface area contributed by atoms with Crippen molar-refractivity contribution in [3.05, 3.63) is 17.8 Å². The second-order valence-electron chi connectivity index (χ2n) is 4.92. The molecule has 0 aromatic carbocycles. The largest absolute Gasteiger partial charge is 0.478 e. The summed E-state index contributed by atoms with van der Waals surface area (Å²) in [6.07, 6.45) is 2.60. The summed E-state index contributed by atoms with van der Waals surface area (Å²) in [5.41, 5.74) is 0.237. The second kappa shape index (κ2) is 4.69. The molecule has 1 aliphatic heterocycles. The van der Waals surface area contributed by atoms with Crippen LogP contribution < -0.4 is 4.90 Å². The average Bonchev–Trinajstić information content (AvgIpc) is 2.27. The molecule has 1 aliphatic rings. The quantitative estimate of drug-likeness (QED) is 0.844. The molecule has 0 radical (unpaired) electrons. The number of hydrogen-bond donors (Lipinski definition) is 1. The van der Waals surface area contributed by atoms with Gasteiger partial charge in [-0.05, 0) is 24.3 Å². The molecular formula is C12H17N3O2. The van der Waals surface area contributed by atoms with Crippen molar-refractivity contribution in [2.75, 3.05) is 18.0 Å². The number of aromatic carboxylic acids is 1. The van der Waals surface area contributed by atoms with Crippen molar-refractivity contribution in [2.24, 2.45) is 11.8 Å². The zero-order chi connectivity index (χ0) is 12.4. The Morgan fingerprint density at radius 1 is 1.41 bits per heavy atom. The van der Waals surface area contributed by atoms with Crippen LogP contribution in [0.3, 0.4) is 0 Å². The van der Waals surface area contributed by atoms with Gasteiger partial charge in [-0.2, -0.15) is 5.10 Å². The highest BCUT2D eigenvalue weighted by Gasteiger charge is 2.26. The molecule has 1 saturated heterocycles. The number of carbonyl (C=O) groups is 1. The molecule has 0 saturated carbocycles. The van der Waals surface area contributed by atoms with Crippen LogP contribution in [0.25, 0.3) is 0 Å². The van der Waals surface area contributed by atoms with Gasteiger partial charge in [-0.15, -0.1) is 5.10 Å². The summed E-state index contributed by atoms with van der Waals surface area (Å²) in [6, 6.07) is 1.51. The maximum Gasteiger partial charge on any atom is 0.339 e. The predicted molar refractivity (Wildman–Crippen MR) is 64.1 cm³/mol. The van der Waals surface area contributed by atoms with Gasteiger partial charge in [0, 0.05) is 13.1 Å². The van der Waals surface area contributed by atoms with E-state index in [2.05, 4.69) is 24.0 Å². The highest BCUT2D eigenvalue weighted by Crippen LogP contribution is 2.26. The van der Waals surface area contributed by atoms with Crippen molar-refractivity contribution in [1.29, 1.82) is 0 Å². The van der Waals surface area contributed by atoms with Crippen molar-refractivity contribution in [3.8, 4) is 0 Å². The number of piperidine rings is 1. The summed E-state index contributed by atoms with van der Waals surface area (Å²) in [6.45, 7) is 6.06. The third kappa shape index (κ3) is 2.54. The van der Waals surface area contributed by atoms with Gasteiger partial charge in [0.05, 0.1) is 6.20 Å². The predicted octanol–water partition coefficient (Wildman–Crippen LogP) is 1.66. The van der Waals surface area contributed by atoms with E-state index >= 15 is 0 Å². The van der Waals surface area contributed by atoms with E-state index in [-0.39, 0.29) is 5.56 Å². The molecule has 0 bridgehead atoms. The van der Waals surface area contributed by atoms with Gasteiger partial charge in [0.2, 0.25) is 0 Å². The molecule has 1 aromatic heterocycles. The van der Waals surface area contributed by atoms with Crippen LogP contribution in [0.4, 0.5) is 5.82 Å². The van der Waals surface area contributed by atoms with Gasteiger partial charge in [-0.3, -0.25) is 0 Å². The lowest BCUT2D eigenvalue weighted by Crippen LogP contribution is -2.40. The standard InChI is InChI=1S/C12H17N3O2/c1-8-5-9(2)7-15(6-8)11-10(12(16)17)3-4-13-14-11/h3-4,8-9H,5-7H2,1-2H3,(H,16,17). The molecule has 2 rings (SSSR count). The van der Waals surface area contributed by atoms with Gasteiger partial charge in [-0.25, -0.2) is 4.79 Å². The van der Waals surface area contributed by atoms with Gasteiger partial charge < -0.3 is 10.0 Å². The lowest BCUT2D eigenvalue weighted by molar-refractivity contribution is 0.0696. The third-order valence-electron chi connectivity index (χ3n) is 3.10. The van der Waals surface area contributed by atoms with E-state index in [1.54, 1.807) is 0 Å². The number of nitrogens with zero attached hydrogens (tertiary/aromatic N) is 3. The topological polar surface area (TPSA) is 66.3 Å². The molecule has 0 aliphatic carbocycles. The molecule has 2 atom stereocenters. The zero-order valence-corrected chi connectivity index (χ0v) is 10.1. The smallest absolute Gasteiger partial charge is 0.339 e. The Balaban J connectivity index is 2.30. The number of hydrogen-bond acceptors (Lipinski definition) is 4. The first-order valence-corrected chi connectivity index (χ1v) is 5.88. The van der Waals surface area contributed by atoms with Crippen LogP contribution in [0.2, 0.25) is 0 Å². The Hall–Kier alpha value is -1.65. The normalized spacial score (nSPS) is 24.7. The van der Waals surface area contributed by atoms with Gasteiger partial charge >= 0.3 is 5.97 Å². The van der Waals surface area contributed by atoms with Crippen LogP contribution in [-0.4, -0.2) is 34.4 Å². The van der Waals surface area contributed by atoms with Crippen LogP contribution in [0.15, 0.2) is 12.3 Å². The maximum absolute atomic E-state index is 11.1. The first-order chi connectivity index (χ1) is 8.08. The van der Waals surface area contributed by atoms with E-state index in [1.165, 1.54) is 18.7 Å². The fourth-order valence-electron chi connectivity index (χ4n) is 2.56. The molecule has 1 N–H and O–H groups in total. The Labute approximate surface area is 100 Å². The summed E-state index contributed by atoms with van der Waals surface area (Å²) < 4.78 is 0. The molecule has 2 unspecified atom stereocenters. The van der Waals surface area contributed by atoms with E-state index in [9.17, 15) is 4.79 Å². The molecule has 1 aromatic rings. The summed E-state index contributed by atoms with van der Waals surface area (Å²) in [4.78, 5) is 13.2. The number of carboxylic acid groups (broad SMARTS) is 1. The molecule has 0 spiro atoms. The molecule has 1 fully saturated rings. The first kappa shape index (κ1) is 11.8. The molecule has 5 heteroatoms. The molecule has 5 nitrogen and oxygen atoms in total. The monoisotopic (exact) mass is 235 g/mol. The van der Waals surface area contributed by atoms with E-state index in [4.69, 9.17) is 5.11 Å². The lowest BCUT2D eigenvalue weighted by Gasteiger charge is -2.35. The van der Waals surface area contributed by atoms with Crippen molar-refractivity contribution in [3.63, 3.8) is 0 Å². The number of aromatic nitrogens is 2. The van der Waals surface area contributed by atoms with Crippen molar-refractivity contribution >= 4 is 11.8 Å². The Kier molecular flexibility index (Phi) is 3.26. The number of anilines is 1. The second-order valence-corrected chi connectivity index (χ2v) is 4.92. The molecule has 92 valence electrons. The minimum atomic E-state index is -0.944. The van der Waals surface area contributed by atoms with Crippen LogP contribution in [-0.2, 0) is 0 Å². The SMILES string of the molecule is CC1CC(C)CN(c2nnccc2C(=O)O)C1. The van der Waals surface area contributed by atoms with Crippen molar-refractivity contribution < 1.29 is 9.90 Å². The Morgan fingerprint density at radius 2 is 2.06 bits per heavy atom. The van der Waals surface area contributed by atoms with Crippen LogP contribution in [0.1, 0.15) is 30.6 Å². The zero-order valence-electron chi connectivity index (χ0n) is 10.1. The van der Waals surface area contributed by atoms with Gasteiger partial charge in [0.25, 0.3) is 0 Å². The highest BCUT2D eigenvalue weighted by molar-refractivity contribution is 5.93. The highest BCUT2D eigenvalue weighted by atomic mass is 16.4. The fraction of sp³-hybridized carbons (Fsp3) is 0.583. The van der Waals surface area contributed by atoms with Crippen LogP contribution in [0, 0.1) is 11.8 Å². The van der Waals surface area contributed by atoms with E-state index < -0.39 is 5.97 Å². The summed E-state index contributed by atoms with van der Waals surface area (Å²) in [5.74, 6) is 0.670. The summed E-state index contributed by atoms with van der Waals surface area (Å²) >= 11 is 0. The van der Waals surface area contributed by atoms with Gasteiger partial charge in [0.1, 0.15) is 5.56 Å². The van der Waals surface area contributed by atoms with E-state index in [1.807, 2.05) is 4.90 Å². The van der Waals surface area contributed by atoms with Crippen molar-refractivity contribution in [2.45, 2.75) is 20.3 Å². The van der Waals surface area contributed by atoms with E-state index in [0.29, 0.717) is 17.7 Å². The molecular weight excluding hydrogens is 218 g/mol. The number of carboxylic acids is 1. The van der Waals surface area contributed by atoms with Gasteiger partial charge in [-0.1, -0.05) is 13.8 Å². The molecule has 2 heterocycles. The summed E-state index contributed by atoms with van der Waals surface area (Å²) in [7, 11) is 0. The van der Waals surface area contributed by atoms with Crippen LogP contribution in [0.5, 0.6) is 0 Å². The average molecular weight is 235 g/mol. The Morgan fingerprint density at radius 3 is 2.65 bits per heavy atom. The van der Waals surface area contributed by atoms with Crippen LogP contribution >= 0.6 is 0 Å². The van der Waals surface area contributed by atoms with Gasteiger partial charge in [0.15, 0.2) is 5.82 Å². The minimum absolute atomic E-state index is 0.237. The third-order valence-corrected chi connectivity index (χ3v) is 3.10. The Bertz CT molecular complexity index is 412. The lowest BCUT2D eigenvalue weighted by atomic mass is 9.92. The fourth-order valence-corrected chi connectivity index (χ4v) is 2.56. The van der Waals surface area contributed by atoms with Crippen molar-refractivity contribution in [1.82, 2.24) is 10.2 Å². The molecule has 17 heavy (non-hydrogen) atoms. The maximum atomic E-state index is 11.1. The summed E-state index contributed by atoms with van der Waals surface area (Å²) in [5, 5.41) is 16.9.